The van der Waals surface area contributed by atoms with Crippen molar-refractivity contribution in [2.24, 2.45) is 10.8 Å². The molecule has 5 rings (SSSR count). The number of carbonyl (C=O) groups excluding carboxylic acids is 1. The molecule has 3 aliphatic rings. The number of piperidine rings is 1. The number of hydrogen-bond donors (Lipinski definition) is 0. The molecule has 160 valence electrons. The summed E-state index contributed by atoms with van der Waals surface area (Å²) in [6.07, 6.45) is 3.21. The molecule has 1 unspecified atom stereocenters. The van der Waals surface area contributed by atoms with Crippen LogP contribution >= 0.6 is 0 Å². The van der Waals surface area contributed by atoms with Gasteiger partial charge in [-0.25, -0.2) is 0 Å². The van der Waals surface area contributed by atoms with Gasteiger partial charge in [0.15, 0.2) is 0 Å². The molecule has 1 aromatic heterocycles. The van der Waals surface area contributed by atoms with Crippen LogP contribution in [0, 0.1) is 24.7 Å². The Balaban J connectivity index is 1.33. The molecule has 0 radical (unpaired) electrons. The number of carbonyl (C=O) groups is 1. The minimum atomic E-state index is 0.0666. The maximum Gasteiger partial charge on any atom is 0.259 e. The highest BCUT2D eigenvalue weighted by molar-refractivity contribution is 5.96. The molecule has 2 spiro atoms. The van der Waals surface area contributed by atoms with Crippen molar-refractivity contribution >= 4 is 5.91 Å². The second kappa shape index (κ2) is 7.50. The zero-order valence-corrected chi connectivity index (χ0v) is 18.0. The Hall–Kier alpha value is -2.18. The van der Waals surface area contributed by atoms with E-state index in [4.69, 9.17) is 9.26 Å². The van der Waals surface area contributed by atoms with Gasteiger partial charge in [-0.3, -0.25) is 9.69 Å². The normalized spacial score (nSPS) is 26.1. The molecular formula is C24H31N3O3. The highest BCUT2D eigenvalue weighted by Gasteiger charge is 2.59. The van der Waals surface area contributed by atoms with E-state index in [0.29, 0.717) is 17.0 Å². The Morgan fingerprint density at radius 2 is 1.80 bits per heavy atom. The van der Waals surface area contributed by atoms with E-state index >= 15 is 0 Å². The molecular weight excluding hydrogens is 378 g/mol. The smallest absolute Gasteiger partial charge is 0.259 e. The number of hydrogen-bond acceptors (Lipinski definition) is 5. The van der Waals surface area contributed by atoms with Crippen LogP contribution in [0.5, 0.6) is 0 Å². The van der Waals surface area contributed by atoms with Crippen molar-refractivity contribution in [3.63, 3.8) is 0 Å². The third kappa shape index (κ3) is 3.17. The predicted octanol–water partition coefficient (Wildman–Crippen LogP) is 3.44. The summed E-state index contributed by atoms with van der Waals surface area (Å²) in [5.74, 6) is 0.685. The molecule has 1 aromatic carbocycles. The topological polar surface area (TPSA) is 58.8 Å². The average molecular weight is 410 g/mol. The number of rotatable bonds is 3. The van der Waals surface area contributed by atoms with Crippen LogP contribution in [0.3, 0.4) is 0 Å². The SMILES string of the molecule is Cc1noc(C)c1C(=O)N1CCC2(CC1)CN(Cc1ccccc1)CC21CCOC1. The van der Waals surface area contributed by atoms with E-state index in [1.54, 1.807) is 0 Å². The van der Waals surface area contributed by atoms with E-state index < -0.39 is 0 Å². The van der Waals surface area contributed by atoms with Crippen molar-refractivity contribution in [1.29, 1.82) is 0 Å². The maximum atomic E-state index is 13.1. The highest BCUT2D eigenvalue weighted by Crippen LogP contribution is 2.57. The second-order valence-corrected chi connectivity index (χ2v) is 9.49. The number of ether oxygens (including phenoxy) is 1. The van der Waals surface area contributed by atoms with E-state index in [-0.39, 0.29) is 16.7 Å². The Morgan fingerprint density at radius 3 is 2.43 bits per heavy atom. The Morgan fingerprint density at radius 1 is 1.07 bits per heavy atom. The lowest BCUT2D eigenvalue weighted by molar-refractivity contribution is 0.00828. The number of benzene rings is 1. The maximum absolute atomic E-state index is 13.1. The number of aryl methyl sites for hydroxylation is 2. The van der Waals surface area contributed by atoms with Gasteiger partial charge in [-0.1, -0.05) is 35.5 Å². The van der Waals surface area contributed by atoms with Gasteiger partial charge in [0.25, 0.3) is 5.91 Å². The monoisotopic (exact) mass is 409 g/mol. The van der Waals surface area contributed by atoms with E-state index in [1.165, 1.54) is 5.56 Å². The van der Waals surface area contributed by atoms with Gasteiger partial charge in [0, 0.05) is 44.7 Å². The van der Waals surface area contributed by atoms with E-state index in [9.17, 15) is 4.79 Å². The van der Waals surface area contributed by atoms with Crippen LogP contribution in [0.2, 0.25) is 0 Å². The zero-order chi connectivity index (χ0) is 20.8. The molecule has 1 atom stereocenters. The van der Waals surface area contributed by atoms with Crippen molar-refractivity contribution in [1.82, 2.24) is 15.0 Å². The summed E-state index contributed by atoms with van der Waals surface area (Å²) in [4.78, 5) is 17.7. The van der Waals surface area contributed by atoms with Gasteiger partial charge in [-0.15, -0.1) is 0 Å². The lowest BCUT2D eigenvalue weighted by Crippen LogP contribution is -2.51. The first-order valence-electron chi connectivity index (χ1n) is 11.1. The fourth-order valence-corrected chi connectivity index (χ4v) is 6.12. The van der Waals surface area contributed by atoms with Crippen LogP contribution in [0.25, 0.3) is 0 Å². The van der Waals surface area contributed by atoms with Gasteiger partial charge in [-0.2, -0.15) is 0 Å². The molecule has 3 saturated heterocycles. The Labute approximate surface area is 178 Å². The molecule has 2 aromatic rings. The van der Waals surface area contributed by atoms with Crippen molar-refractivity contribution in [2.45, 2.75) is 39.7 Å². The van der Waals surface area contributed by atoms with Crippen molar-refractivity contribution in [3.8, 4) is 0 Å². The first-order valence-corrected chi connectivity index (χ1v) is 11.1. The van der Waals surface area contributed by atoms with Crippen molar-refractivity contribution in [3.05, 3.63) is 52.9 Å². The molecule has 0 N–H and O–H groups in total. The Kier molecular flexibility index (Phi) is 4.94. The van der Waals surface area contributed by atoms with Gasteiger partial charge >= 0.3 is 0 Å². The largest absolute Gasteiger partial charge is 0.381 e. The van der Waals surface area contributed by atoms with Crippen LogP contribution in [-0.4, -0.2) is 60.3 Å². The van der Waals surface area contributed by atoms with Gasteiger partial charge in [-0.05, 0) is 44.1 Å². The molecule has 3 aliphatic heterocycles. The summed E-state index contributed by atoms with van der Waals surface area (Å²) in [5, 5.41) is 3.97. The molecule has 6 nitrogen and oxygen atoms in total. The standard InChI is InChI=1S/C24H31N3O3/c1-18-21(19(2)30-25-18)22(28)27-11-8-23(9-12-27)15-26(14-20-6-4-3-5-7-20)16-24(23)10-13-29-17-24/h3-7H,8-17H2,1-2H3. The fraction of sp³-hybridized carbons (Fsp3) is 0.583. The number of likely N-dealkylation sites (tertiary alicyclic amines) is 2. The van der Waals surface area contributed by atoms with Gasteiger partial charge in [0.1, 0.15) is 11.3 Å². The van der Waals surface area contributed by atoms with Crippen LogP contribution in [0.1, 0.15) is 46.6 Å². The van der Waals surface area contributed by atoms with Crippen LogP contribution < -0.4 is 0 Å². The number of nitrogens with zero attached hydrogens (tertiary/aromatic N) is 3. The second-order valence-electron chi connectivity index (χ2n) is 9.49. The minimum Gasteiger partial charge on any atom is -0.381 e. The minimum absolute atomic E-state index is 0.0666. The molecule has 0 aliphatic carbocycles. The average Bonchev–Trinajstić information content (AvgIpc) is 3.43. The number of aromatic nitrogens is 1. The first kappa shape index (κ1) is 19.8. The summed E-state index contributed by atoms with van der Waals surface area (Å²) in [5.41, 5.74) is 3.15. The van der Waals surface area contributed by atoms with Crippen LogP contribution in [0.4, 0.5) is 0 Å². The first-order chi connectivity index (χ1) is 14.5. The quantitative estimate of drug-likeness (QED) is 0.777. The van der Waals surface area contributed by atoms with Gasteiger partial charge in [0.05, 0.1) is 12.3 Å². The summed E-state index contributed by atoms with van der Waals surface area (Å²) in [7, 11) is 0. The van der Waals surface area contributed by atoms with Gasteiger partial charge < -0.3 is 14.2 Å². The highest BCUT2D eigenvalue weighted by atomic mass is 16.5. The molecule has 3 fully saturated rings. The van der Waals surface area contributed by atoms with E-state index in [2.05, 4.69) is 40.4 Å². The summed E-state index contributed by atoms with van der Waals surface area (Å²) >= 11 is 0. The van der Waals surface area contributed by atoms with Crippen LogP contribution in [-0.2, 0) is 11.3 Å². The van der Waals surface area contributed by atoms with Crippen LogP contribution in [0.15, 0.2) is 34.9 Å². The van der Waals surface area contributed by atoms with Crippen molar-refractivity contribution in [2.75, 3.05) is 39.4 Å². The molecule has 0 saturated carbocycles. The number of amides is 1. The molecule has 0 bridgehead atoms. The zero-order valence-electron chi connectivity index (χ0n) is 18.0. The summed E-state index contributed by atoms with van der Waals surface area (Å²) < 4.78 is 11.2. The molecule has 6 heteroatoms. The molecule has 1 amide bonds. The number of fused-ring (bicyclic) bond motifs is 1. The Bertz CT molecular complexity index is 890. The lowest BCUT2D eigenvalue weighted by atomic mass is 9.60. The molecule has 30 heavy (non-hydrogen) atoms. The van der Waals surface area contributed by atoms with Gasteiger partial charge in [0.2, 0.25) is 0 Å². The van der Waals surface area contributed by atoms with Crippen molar-refractivity contribution < 1.29 is 14.1 Å². The summed E-state index contributed by atoms with van der Waals surface area (Å²) in [6.45, 7) is 10.2. The lowest BCUT2D eigenvalue weighted by Gasteiger charge is -2.47. The third-order valence-corrected chi connectivity index (χ3v) is 7.78. The molecule has 4 heterocycles. The van der Waals surface area contributed by atoms with E-state index in [0.717, 1.165) is 65.2 Å². The predicted molar refractivity (Wildman–Crippen MR) is 113 cm³/mol. The third-order valence-electron chi connectivity index (χ3n) is 7.78. The fourth-order valence-electron chi connectivity index (χ4n) is 6.12. The van der Waals surface area contributed by atoms with E-state index in [1.807, 2.05) is 18.7 Å². The summed E-state index contributed by atoms with van der Waals surface area (Å²) in [6, 6.07) is 10.7.